The van der Waals surface area contributed by atoms with Gasteiger partial charge in [-0.3, -0.25) is 9.79 Å². The third kappa shape index (κ3) is 4.11. The van der Waals surface area contributed by atoms with Crippen LogP contribution in [0, 0.1) is 0 Å². The van der Waals surface area contributed by atoms with Gasteiger partial charge in [-0.2, -0.15) is 15.9 Å². The van der Waals surface area contributed by atoms with Crippen molar-refractivity contribution in [2.24, 2.45) is 4.99 Å². The van der Waals surface area contributed by atoms with Crippen molar-refractivity contribution in [2.45, 2.75) is 26.4 Å². The number of thiophene rings is 1. The first kappa shape index (κ1) is 19.8. The van der Waals surface area contributed by atoms with E-state index in [1.807, 2.05) is 47.2 Å². The van der Waals surface area contributed by atoms with E-state index in [1.165, 1.54) is 11.3 Å². The summed E-state index contributed by atoms with van der Waals surface area (Å²) in [7, 11) is 0. The fourth-order valence-electron chi connectivity index (χ4n) is 3.04. The van der Waals surface area contributed by atoms with Crippen LogP contribution < -0.4 is 16.4 Å². The third-order valence-electron chi connectivity index (χ3n) is 4.35. The zero-order valence-electron chi connectivity index (χ0n) is 16.9. The largest absolute Gasteiger partial charge is 0.443 e. The van der Waals surface area contributed by atoms with E-state index < -0.39 is 17.3 Å². The van der Waals surface area contributed by atoms with Crippen molar-refractivity contribution in [1.29, 1.82) is 0 Å². The number of carbonyl (C=O) groups excluding carboxylic acids is 1. The molecule has 4 rings (SSSR count). The number of aromatic amines is 1. The summed E-state index contributed by atoms with van der Waals surface area (Å²) in [5.41, 5.74) is 2.82. The van der Waals surface area contributed by atoms with Gasteiger partial charge in [-0.15, -0.1) is 0 Å². The van der Waals surface area contributed by atoms with E-state index in [-0.39, 0.29) is 0 Å². The number of fused-ring (bicyclic) bond motifs is 1. The Hall–Kier alpha value is -3.45. The molecule has 0 saturated heterocycles. The fourth-order valence-corrected chi connectivity index (χ4v) is 3.66. The number of nitrogens with one attached hydrogen (secondary N) is 1. The van der Waals surface area contributed by atoms with Gasteiger partial charge in [0, 0.05) is 17.4 Å². The number of benzene rings is 1. The van der Waals surface area contributed by atoms with Crippen LogP contribution in [0.3, 0.4) is 0 Å². The summed E-state index contributed by atoms with van der Waals surface area (Å²) in [6, 6.07) is 9.69. The zero-order chi connectivity index (χ0) is 21.3. The molecule has 1 aliphatic rings. The molecule has 3 aromatic rings. The molecule has 0 amide bonds. The van der Waals surface area contributed by atoms with Gasteiger partial charge in [0.15, 0.2) is 0 Å². The number of para-hydroxylation sites is 1. The molecule has 3 heterocycles. The highest BCUT2D eigenvalue weighted by Gasteiger charge is 2.21. The predicted molar refractivity (Wildman–Crippen MR) is 121 cm³/mol. The Bertz CT molecular complexity index is 1330. The second-order valence-corrected chi connectivity index (χ2v) is 8.59. The molecular weight excluding hydrogens is 398 g/mol. The van der Waals surface area contributed by atoms with Gasteiger partial charge < -0.3 is 9.72 Å². The van der Waals surface area contributed by atoms with Crippen LogP contribution >= 0.6 is 11.3 Å². The topological polar surface area (TPSA) is 76.5 Å². The highest BCUT2D eigenvalue weighted by atomic mass is 32.1. The number of ether oxygens (including phenoxy) is 1. The van der Waals surface area contributed by atoms with Crippen molar-refractivity contribution < 1.29 is 9.53 Å². The Kier molecular flexibility index (Phi) is 5.13. The average Bonchev–Trinajstić information content (AvgIpc) is 3.39. The number of imidazole rings is 1. The SMILES string of the molecule is CC(C)(C)OC(=O)n1c(=CC=C2C=Nc3ccccc32)[nH]/c(=C\c2ccsc2)c1=O. The minimum Gasteiger partial charge on any atom is -0.443 e. The van der Waals surface area contributed by atoms with E-state index in [9.17, 15) is 9.59 Å². The van der Waals surface area contributed by atoms with Crippen molar-refractivity contribution in [3.63, 3.8) is 0 Å². The summed E-state index contributed by atoms with van der Waals surface area (Å²) in [6.45, 7) is 5.29. The van der Waals surface area contributed by atoms with Gasteiger partial charge in [0.25, 0.3) is 5.56 Å². The van der Waals surface area contributed by atoms with Crippen molar-refractivity contribution in [3.8, 4) is 0 Å². The van der Waals surface area contributed by atoms with E-state index in [0.29, 0.717) is 10.8 Å². The second kappa shape index (κ2) is 7.76. The van der Waals surface area contributed by atoms with Crippen molar-refractivity contribution >= 4 is 47.1 Å². The highest BCUT2D eigenvalue weighted by Crippen LogP contribution is 2.30. The molecule has 0 saturated carbocycles. The molecule has 0 spiro atoms. The lowest BCUT2D eigenvalue weighted by Gasteiger charge is -2.19. The maximum atomic E-state index is 13.0. The average molecular weight is 420 g/mol. The number of aliphatic imine (C=N–C) groups is 1. The maximum absolute atomic E-state index is 13.0. The molecule has 152 valence electrons. The van der Waals surface area contributed by atoms with Crippen LogP contribution in [0.15, 0.2) is 57.0 Å². The highest BCUT2D eigenvalue weighted by molar-refractivity contribution is 7.08. The first-order valence-corrected chi connectivity index (χ1v) is 10.4. The number of H-pyrrole nitrogens is 1. The number of allylic oxidation sites excluding steroid dienone is 2. The van der Waals surface area contributed by atoms with Gasteiger partial charge in [-0.05, 0) is 67.5 Å². The van der Waals surface area contributed by atoms with E-state index in [0.717, 1.165) is 27.0 Å². The van der Waals surface area contributed by atoms with Gasteiger partial charge in [0.05, 0.1) is 5.69 Å². The molecular formula is C23H21N3O3S. The first-order chi connectivity index (χ1) is 14.3. The number of aromatic nitrogens is 2. The summed E-state index contributed by atoms with van der Waals surface area (Å²) in [6.07, 6.45) is 6.28. The van der Waals surface area contributed by atoms with Crippen LogP contribution in [0.1, 0.15) is 31.9 Å². The number of hydrogen-bond acceptors (Lipinski definition) is 5. The van der Waals surface area contributed by atoms with Crippen LogP contribution in [-0.2, 0) is 4.74 Å². The third-order valence-corrected chi connectivity index (χ3v) is 5.05. The first-order valence-electron chi connectivity index (χ1n) is 9.46. The monoisotopic (exact) mass is 419 g/mol. The van der Waals surface area contributed by atoms with Crippen molar-refractivity contribution in [1.82, 2.24) is 9.55 Å². The summed E-state index contributed by atoms with van der Waals surface area (Å²) >= 11 is 1.53. The molecule has 0 unspecified atom stereocenters. The minimum absolute atomic E-state index is 0.310. The number of rotatable bonds is 2. The molecule has 0 bridgehead atoms. The summed E-state index contributed by atoms with van der Waals surface area (Å²) < 4.78 is 6.47. The molecule has 30 heavy (non-hydrogen) atoms. The standard InChI is InChI=1S/C23H21N3O3S/c1-23(2,3)29-22(28)26-20(25-19(21(26)27)12-15-10-11-30-14-15)9-8-16-13-24-18-7-5-4-6-17(16)18/h4-14,25H,1-3H3/b16-8?,19-12-,20-9?. The molecule has 1 N–H and O–H groups in total. The Balaban J connectivity index is 1.85. The molecule has 0 atom stereocenters. The maximum Gasteiger partial charge on any atom is 0.423 e. The second-order valence-electron chi connectivity index (χ2n) is 7.81. The number of nitrogens with zero attached hydrogens (tertiary/aromatic N) is 2. The van der Waals surface area contributed by atoms with E-state index in [1.54, 1.807) is 39.1 Å². The Morgan fingerprint density at radius 1 is 1.20 bits per heavy atom. The lowest BCUT2D eigenvalue weighted by atomic mass is 10.1. The zero-order valence-corrected chi connectivity index (χ0v) is 17.7. The molecule has 0 radical (unpaired) electrons. The molecule has 1 aromatic carbocycles. The molecule has 7 heteroatoms. The van der Waals surface area contributed by atoms with Gasteiger partial charge in [0.2, 0.25) is 0 Å². The van der Waals surface area contributed by atoms with Crippen LogP contribution in [0.5, 0.6) is 0 Å². The van der Waals surface area contributed by atoms with Crippen LogP contribution in [-0.4, -0.2) is 27.5 Å². The Morgan fingerprint density at radius 2 is 2.00 bits per heavy atom. The van der Waals surface area contributed by atoms with Crippen molar-refractivity contribution in [2.75, 3.05) is 0 Å². The molecule has 0 aliphatic carbocycles. The molecule has 2 aromatic heterocycles. The van der Waals surface area contributed by atoms with E-state index in [4.69, 9.17) is 4.74 Å². The lowest BCUT2D eigenvalue weighted by Crippen LogP contribution is -2.40. The smallest absolute Gasteiger partial charge is 0.423 e. The summed E-state index contributed by atoms with van der Waals surface area (Å²) in [5, 5.41) is 4.16. The van der Waals surface area contributed by atoms with E-state index >= 15 is 0 Å². The molecule has 6 nitrogen and oxygen atoms in total. The van der Waals surface area contributed by atoms with Crippen molar-refractivity contribution in [3.05, 3.63) is 79.5 Å². The Labute approximate surface area is 177 Å². The minimum atomic E-state index is -0.724. The van der Waals surface area contributed by atoms with Crippen LogP contribution in [0.25, 0.3) is 17.7 Å². The Morgan fingerprint density at radius 3 is 2.73 bits per heavy atom. The van der Waals surface area contributed by atoms with Gasteiger partial charge >= 0.3 is 6.09 Å². The predicted octanol–water partition coefficient (Wildman–Crippen LogP) is 3.43. The quantitative estimate of drug-likeness (QED) is 0.691. The van der Waals surface area contributed by atoms with Gasteiger partial charge in [0.1, 0.15) is 16.4 Å². The number of carbonyl (C=O) groups is 1. The summed E-state index contributed by atoms with van der Waals surface area (Å²) in [4.78, 5) is 33.2. The molecule has 0 fully saturated rings. The van der Waals surface area contributed by atoms with Gasteiger partial charge in [-0.1, -0.05) is 18.2 Å². The van der Waals surface area contributed by atoms with Crippen LogP contribution in [0.4, 0.5) is 10.5 Å². The van der Waals surface area contributed by atoms with Crippen LogP contribution in [0.2, 0.25) is 0 Å². The fraction of sp³-hybridized carbons (Fsp3) is 0.174. The summed E-state index contributed by atoms with van der Waals surface area (Å²) in [5.74, 6) is 0. The number of hydrogen-bond donors (Lipinski definition) is 1. The normalized spacial score (nSPS) is 15.8. The van der Waals surface area contributed by atoms with E-state index in [2.05, 4.69) is 9.98 Å². The van der Waals surface area contributed by atoms with Gasteiger partial charge in [-0.25, -0.2) is 4.79 Å². The lowest BCUT2D eigenvalue weighted by molar-refractivity contribution is 0.0526. The molecule has 1 aliphatic heterocycles.